The minimum Gasteiger partial charge on any atom is -0.511 e. The van der Waals surface area contributed by atoms with Crippen molar-refractivity contribution in [1.29, 1.82) is 0 Å². The monoisotopic (exact) mass is 610 g/mol. The number of aliphatic hydroxyl groups excluding tert-OH is 1. The van der Waals surface area contributed by atoms with Crippen LogP contribution in [0.15, 0.2) is 43.9 Å². The van der Waals surface area contributed by atoms with Crippen LogP contribution >= 0.6 is 11.8 Å². The maximum absolute atomic E-state index is 14.1. The molecule has 0 radical (unpaired) electrons. The molecule has 3 saturated carbocycles. The largest absolute Gasteiger partial charge is 0.511 e. The van der Waals surface area contributed by atoms with E-state index in [1.165, 1.54) is 17.8 Å². The van der Waals surface area contributed by atoms with E-state index in [0.29, 0.717) is 11.3 Å². The molecule has 10 nitrogen and oxygen atoms in total. The standard InChI is InChI=1S/C26H31FN4O6S3/c1-13-9-14(3-8-18(13)27)11-31-21-16-6-4-15(5-7-16)19(21)22(32)20(26(31)33)24-29-25-23(40(36,37)30-24)17(12-38-25)10-28-39(2,34)35/h3,8-9,15-17,19,21,28,32H,4-7,10-12H2,1-2H3,(H,29,30). The van der Waals surface area contributed by atoms with Crippen molar-refractivity contribution in [3.8, 4) is 0 Å². The molecule has 1 aromatic rings. The second-order valence-corrected chi connectivity index (χ2v) is 15.8. The van der Waals surface area contributed by atoms with Gasteiger partial charge < -0.3 is 15.3 Å². The molecule has 3 heterocycles. The lowest BCUT2D eigenvalue weighted by Crippen LogP contribution is -2.60. The number of sulfonamides is 2. The summed E-state index contributed by atoms with van der Waals surface area (Å²) in [5, 5.41) is 14.9. The van der Waals surface area contributed by atoms with Crippen LogP contribution in [0, 0.1) is 36.4 Å². The molecule has 216 valence electrons. The molecule has 3 unspecified atom stereocenters. The quantitative estimate of drug-likeness (QED) is 0.446. The van der Waals surface area contributed by atoms with Crippen molar-refractivity contribution in [3.05, 3.63) is 56.4 Å². The Labute approximate surface area is 237 Å². The summed E-state index contributed by atoms with van der Waals surface area (Å²) < 4.78 is 70.2. The predicted octanol–water partition coefficient (Wildman–Crippen LogP) is 2.51. The molecule has 3 N–H and O–H groups in total. The fourth-order valence-corrected chi connectivity index (χ4v) is 10.5. The number of benzene rings is 1. The molecule has 1 amide bonds. The first-order valence-electron chi connectivity index (χ1n) is 13.3. The first-order valence-corrected chi connectivity index (χ1v) is 17.6. The zero-order chi connectivity index (χ0) is 28.6. The highest BCUT2D eigenvalue weighted by Gasteiger charge is 2.54. The zero-order valence-corrected chi connectivity index (χ0v) is 24.5. The molecule has 2 bridgehead atoms. The summed E-state index contributed by atoms with van der Waals surface area (Å²) in [7, 11) is -7.78. The Morgan fingerprint density at radius 2 is 1.93 bits per heavy atom. The highest BCUT2D eigenvalue weighted by Crippen LogP contribution is 2.52. The highest BCUT2D eigenvalue weighted by molar-refractivity contribution is 8.05. The number of hydrogen-bond donors (Lipinski definition) is 3. The van der Waals surface area contributed by atoms with Crippen molar-refractivity contribution in [3.63, 3.8) is 0 Å². The Balaban J connectivity index is 1.37. The molecule has 3 aliphatic heterocycles. The Kier molecular flexibility index (Phi) is 6.83. The summed E-state index contributed by atoms with van der Waals surface area (Å²) in [4.78, 5) is 15.8. The Morgan fingerprint density at radius 3 is 2.60 bits per heavy atom. The van der Waals surface area contributed by atoms with Gasteiger partial charge in [-0.05, 0) is 61.6 Å². The smallest absolute Gasteiger partial charge is 0.283 e. The van der Waals surface area contributed by atoms with Crippen LogP contribution in [0.1, 0.15) is 36.8 Å². The van der Waals surface area contributed by atoms with Crippen LogP contribution in [0.4, 0.5) is 4.39 Å². The van der Waals surface area contributed by atoms with Gasteiger partial charge in [0.05, 0.1) is 11.3 Å². The molecule has 3 fully saturated rings. The van der Waals surface area contributed by atoms with Crippen LogP contribution in [0.5, 0.6) is 0 Å². The van der Waals surface area contributed by atoms with E-state index >= 15 is 0 Å². The summed E-state index contributed by atoms with van der Waals surface area (Å²) in [6.07, 6.45) is 4.73. The van der Waals surface area contributed by atoms with E-state index < -0.39 is 31.9 Å². The van der Waals surface area contributed by atoms with Gasteiger partial charge in [0.25, 0.3) is 15.9 Å². The lowest BCUT2D eigenvalue weighted by molar-refractivity contribution is -0.140. The lowest BCUT2D eigenvalue weighted by Gasteiger charge is -2.54. The van der Waals surface area contributed by atoms with Crippen LogP contribution in [0.25, 0.3) is 0 Å². The topological polar surface area (TPSA) is 145 Å². The Hall–Kier alpha value is -2.42. The number of amides is 1. The minimum absolute atomic E-state index is 0.0195. The van der Waals surface area contributed by atoms with Crippen molar-refractivity contribution in [1.82, 2.24) is 14.9 Å². The fraction of sp³-hybridized carbons (Fsp3) is 0.538. The van der Waals surface area contributed by atoms with E-state index in [2.05, 4.69) is 14.4 Å². The predicted molar refractivity (Wildman–Crippen MR) is 149 cm³/mol. The van der Waals surface area contributed by atoms with E-state index in [-0.39, 0.29) is 69.8 Å². The van der Waals surface area contributed by atoms with E-state index in [9.17, 15) is 31.1 Å². The van der Waals surface area contributed by atoms with Gasteiger partial charge >= 0.3 is 0 Å². The molecule has 0 aromatic heterocycles. The normalized spacial score (nSPS) is 31.2. The number of amidine groups is 1. The summed E-state index contributed by atoms with van der Waals surface area (Å²) >= 11 is 1.21. The number of carbonyl (C=O) groups is 1. The lowest BCUT2D eigenvalue weighted by atomic mass is 9.59. The Morgan fingerprint density at radius 1 is 1.23 bits per heavy atom. The van der Waals surface area contributed by atoms with Crippen molar-refractivity contribution in [2.75, 3.05) is 18.6 Å². The van der Waals surface area contributed by atoms with Gasteiger partial charge in [-0.25, -0.2) is 17.5 Å². The fourth-order valence-electron chi connectivity index (χ4n) is 6.96. The first-order chi connectivity index (χ1) is 18.8. The molecular formula is C26H31FN4O6S3. The van der Waals surface area contributed by atoms with E-state index in [0.717, 1.165) is 37.5 Å². The summed E-state index contributed by atoms with van der Waals surface area (Å²) in [6, 6.07) is 4.48. The number of halogens is 1. The van der Waals surface area contributed by atoms with Gasteiger partial charge in [0.15, 0.2) is 5.84 Å². The van der Waals surface area contributed by atoms with Crippen LogP contribution in [-0.4, -0.2) is 63.2 Å². The zero-order valence-electron chi connectivity index (χ0n) is 22.1. The summed E-state index contributed by atoms with van der Waals surface area (Å²) in [5.74, 6) is -1.49. The molecule has 6 aliphatic rings. The minimum atomic E-state index is -4.26. The van der Waals surface area contributed by atoms with E-state index in [4.69, 9.17) is 0 Å². The maximum atomic E-state index is 14.1. The van der Waals surface area contributed by atoms with Crippen molar-refractivity contribution in [2.45, 2.75) is 45.2 Å². The molecule has 1 aromatic carbocycles. The second-order valence-electron chi connectivity index (χ2n) is 11.3. The van der Waals surface area contributed by atoms with Gasteiger partial charge in [0, 0.05) is 36.7 Å². The molecule has 3 aliphatic carbocycles. The molecule has 7 rings (SSSR count). The van der Waals surface area contributed by atoms with Gasteiger partial charge in [-0.3, -0.25) is 4.79 Å². The molecule has 40 heavy (non-hydrogen) atoms. The van der Waals surface area contributed by atoms with Crippen LogP contribution in [0.2, 0.25) is 0 Å². The third kappa shape index (κ3) is 4.76. The van der Waals surface area contributed by atoms with Crippen LogP contribution < -0.4 is 10.0 Å². The van der Waals surface area contributed by atoms with Crippen LogP contribution in [-0.2, 0) is 31.4 Å². The molecule has 3 atom stereocenters. The molecular weight excluding hydrogens is 580 g/mol. The molecule has 0 saturated heterocycles. The van der Waals surface area contributed by atoms with Crippen molar-refractivity contribution >= 4 is 43.6 Å². The average molecular weight is 611 g/mol. The van der Waals surface area contributed by atoms with E-state index in [1.54, 1.807) is 24.0 Å². The van der Waals surface area contributed by atoms with Gasteiger partial charge in [0.2, 0.25) is 10.0 Å². The number of nitrogens with zero attached hydrogens (tertiary/aromatic N) is 2. The molecule has 0 spiro atoms. The number of thioether (sulfide) groups is 1. The van der Waals surface area contributed by atoms with Crippen molar-refractivity contribution in [2.24, 2.45) is 28.1 Å². The third-order valence-corrected chi connectivity index (χ3v) is 12.2. The number of aliphatic hydroxyl groups is 1. The second kappa shape index (κ2) is 9.85. The summed E-state index contributed by atoms with van der Waals surface area (Å²) in [5.41, 5.74) is 1.06. The number of nitrogens with one attached hydrogen (secondary N) is 2. The van der Waals surface area contributed by atoms with Crippen LogP contribution in [0.3, 0.4) is 0 Å². The number of carbonyl (C=O) groups excluding carboxylic acids is 1. The van der Waals surface area contributed by atoms with E-state index in [1.807, 2.05) is 0 Å². The van der Waals surface area contributed by atoms with Crippen molar-refractivity contribution < 1.29 is 31.1 Å². The van der Waals surface area contributed by atoms with Gasteiger partial charge in [-0.2, -0.15) is 8.42 Å². The maximum Gasteiger partial charge on any atom is 0.283 e. The number of aryl methyl sites for hydroxylation is 1. The Bertz CT molecular complexity index is 1600. The number of fused-ring (bicyclic) bond motifs is 2. The molecule has 14 heteroatoms. The highest BCUT2D eigenvalue weighted by atomic mass is 32.2. The first kappa shape index (κ1) is 27.7. The SMILES string of the molecule is Cc1cc(CN2C(=O)C(C3=NS(=O)(=O)C4=C(N3)SCC4CNS(C)(=O)=O)=C(O)C3C4CCC(CC4)C32)ccc1F. The average Bonchev–Trinajstić information content (AvgIpc) is 3.31. The number of hydrogen-bond acceptors (Lipinski definition) is 8. The van der Waals surface area contributed by atoms with Gasteiger partial charge in [-0.1, -0.05) is 12.1 Å². The third-order valence-electron chi connectivity index (χ3n) is 8.73. The van der Waals surface area contributed by atoms with Gasteiger partial charge in [-0.15, -0.1) is 16.2 Å². The number of rotatable bonds is 6. The summed E-state index contributed by atoms with van der Waals surface area (Å²) in [6.45, 7) is 1.76. The van der Waals surface area contributed by atoms with Gasteiger partial charge in [0.1, 0.15) is 22.1 Å².